The predicted molar refractivity (Wildman–Crippen MR) is 111 cm³/mol. The van der Waals surface area contributed by atoms with Crippen molar-refractivity contribution in [2.45, 2.75) is 13.0 Å². The molecule has 2 N–H and O–H groups in total. The van der Waals surface area contributed by atoms with Crippen molar-refractivity contribution in [3.63, 3.8) is 0 Å². The molecule has 0 aliphatic carbocycles. The Morgan fingerprint density at radius 2 is 1.93 bits per heavy atom. The van der Waals surface area contributed by atoms with Crippen LogP contribution in [0.5, 0.6) is 5.75 Å². The van der Waals surface area contributed by atoms with Crippen molar-refractivity contribution >= 4 is 17.5 Å². The van der Waals surface area contributed by atoms with Gasteiger partial charge in [-0.15, -0.1) is 6.58 Å². The van der Waals surface area contributed by atoms with Gasteiger partial charge in [0.1, 0.15) is 11.5 Å². The minimum Gasteiger partial charge on any atom is -0.496 e. The molecule has 0 bridgehead atoms. The number of benzene rings is 2. The summed E-state index contributed by atoms with van der Waals surface area (Å²) in [7, 11) is 1.58. The summed E-state index contributed by atoms with van der Waals surface area (Å²) in [5.41, 5.74) is 2.12. The summed E-state index contributed by atoms with van der Waals surface area (Å²) in [6, 6.07) is 15.6. The second-order valence-corrected chi connectivity index (χ2v) is 6.28. The first-order chi connectivity index (χ1) is 14.1. The zero-order chi connectivity index (χ0) is 20.6. The van der Waals surface area contributed by atoms with Gasteiger partial charge in [0.25, 0.3) is 11.8 Å². The largest absolute Gasteiger partial charge is 0.496 e. The number of hydrogen-bond acceptors (Lipinski definition) is 4. The van der Waals surface area contributed by atoms with Gasteiger partial charge in [-0.05, 0) is 54.4 Å². The number of rotatable bonds is 8. The Kier molecular flexibility index (Phi) is 6.47. The number of anilines is 1. The third-order valence-corrected chi connectivity index (χ3v) is 4.33. The summed E-state index contributed by atoms with van der Waals surface area (Å²) in [5.74, 6) is 0.718. The van der Waals surface area contributed by atoms with E-state index in [-0.39, 0.29) is 18.4 Å². The molecule has 6 nitrogen and oxygen atoms in total. The highest BCUT2D eigenvalue weighted by Gasteiger charge is 2.15. The third-order valence-electron chi connectivity index (χ3n) is 4.33. The molecule has 0 saturated heterocycles. The van der Waals surface area contributed by atoms with E-state index in [9.17, 15) is 9.59 Å². The van der Waals surface area contributed by atoms with Crippen molar-refractivity contribution in [1.82, 2.24) is 5.32 Å². The van der Waals surface area contributed by atoms with E-state index in [1.807, 2.05) is 0 Å². The van der Waals surface area contributed by atoms with Crippen LogP contribution in [0.4, 0.5) is 5.69 Å². The zero-order valence-corrected chi connectivity index (χ0v) is 16.1. The van der Waals surface area contributed by atoms with Crippen molar-refractivity contribution in [2.24, 2.45) is 0 Å². The molecule has 0 aliphatic heterocycles. The lowest BCUT2D eigenvalue weighted by Crippen LogP contribution is -2.24. The van der Waals surface area contributed by atoms with Crippen LogP contribution in [-0.2, 0) is 13.0 Å². The maximum absolute atomic E-state index is 12.8. The SMILES string of the molecule is C=CCc1cc(C(=O)Nc2ccccc2C(=O)NCc2ccco2)ccc1OC. The lowest BCUT2D eigenvalue weighted by Gasteiger charge is -2.13. The van der Waals surface area contributed by atoms with E-state index in [2.05, 4.69) is 17.2 Å². The number of hydrogen-bond donors (Lipinski definition) is 2. The van der Waals surface area contributed by atoms with E-state index in [0.29, 0.717) is 34.7 Å². The van der Waals surface area contributed by atoms with Gasteiger partial charge < -0.3 is 19.8 Å². The summed E-state index contributed by atoms with van der Waals surface area (Å²) < 4.78 is 10.5. The van der Waals surface area contributed by atoms with Crippen molar-refractivity contribution in [3.05, 3.63) is 96.0 Å². The van der Waals surface area contributed by atoms with Crippen LogP contribution in [0.15, 0.2) is 77.9 Å². The number of carbonyl (C=O) groups is 2. The number of carbonyl (C=O) groups excluding carboxylic acids is 2. The highest BCUT2D eigenvalue weighted by Crippen LogP contribution is 2.22. The Bertz CT molecular complexity index is 1010. The number of furan rings is 1. The molecule has 2 aromatic carbocycles. The van der Waals surface area contributed by atoms with E-state index >= 15 is 0 Å². The van der Waals surface area contributed by atoms with Crippen LogP contribution in [0.25, 0.3) is 0 Å². The molecule has 1 heterocycles. The minimum atomic E-state index is -0.316. The summed E-state index contributed by atoms with van der Waals surface area (Å²) in [6.07, 6.45) is 3.87. The van der Waals surface area contributed by atoms with Crippen LogP contribution in [-0.4, -0.2) is 18.9 Å². The Labute approximate surface area is 169 Å². The lowest BCUT2D eigenvalue weighted by atomic mass is 10.1. The van der Waals surface area contributed by atoms with Gasteiger partial charge in [-0.25, -0.2) is 0 Å². The first-order valence-corrected chi connectivity index (χ1v) is 9.11. The zero-order valence-electron chi connectivity index (χ0n) is 16.1. The quantitative estimate of drug-likeness (QED) is 0.565. The van der Waals surface area contributed by atoms with E-state index in [0.717, 1.165) is 5.56 Å². The van der Waals surface area contributed by atoms with Gasteiger partial charge in [0.15, 0.2) is 0 Å². The molecule has 148 valence electrons. The molecule has 1 aromatic heterocycles. The van der Waals surface area contributed by atoms with E-state index in [4.69, 9.17) is 9.15 Å². The molecule has 3 rings (SSSR count). The molecule has 0 unspecified atom stereocenters. The van der Waals surface area contributed by atoms with Crippen LogP contribution in [0, 0.1) is 0 Å². The van der Waals surface area contributed by atoms with Gasteiger partial charge in [-0.3, -0.25) is 9.59 Å². The molecule has 29 heavy (non-hydrogen) atoms. The average Bonchev–Trinajstić information content (AvgIpc) is 3.26. The molecular weight excluding hydrogens is 368 g/mol. The van der Waals surface area contributed by atoms with Crippen molar-refractivity contribution < 1.29 is 18.7 Å². The fraction of sp³-hybridized carbons (Fsp3) is 0.130. The first kappa shape index (κ1) is 19.9. The first-order valence-electron chi connectivity index (χ1n) is 9.11. The van der Waals surface area contributed by atoms with Crippen molar-refractivity contribution in [1.29, 1.82) is 0 Å². The fourth-order valence-corrected chi connectivity index (χ4v) is 2.90. The molecule has 0 aliphatic rings. The molecule has 0 atom stereocenters. The Hall–Kier alpha value is -3.80. The molecule has 6 heteroatoms. The van der Waals surface area contributed by atoms with Crippen molar-refractivity contribution in [3.8, 4) is 5.75 Å². The van der Waals surface area contributed by atoms with Gasteiger partial charge in [-0.1, -0.05) is 18.2 Å². The Morgan fingerprint density at radius 3 is 2.66 bits per heavy atom. The average molecular weight is 390 g/mol. The van der Waals surface area contributed by atoms with Gasteiger partial charge in [0.2, 0.25) is 0 Å². The van der Waals surface area contributed by atoms with E-state index in [1.165, 1.54) is 0 Å². The van der Waals surface area contributed by atoms with Gasteiger partial charge in [0, 0.05) is 5.56 Å². The van der Waals surface area contributed by atoms with Crippen LogP contribution in [0.1, 0.15) is 32.0 Å². The molecule has 0 spiro atoms. The lowest BCUT2D eigenvalue weighted by molar-refractivity contribution is 0.0949. The Morgan fingerprint density at radius 1 is 1.10 bits per heavy atom. The fourth-order valence-electron chi connectivity index (χ4n) is 2.90. The molecule has 3 aromatic rings. The van der Waals surface area contributed by atoms with E-state index in [1.54, 1.807) is 74.0 Å². The number of nitrogens with one attached hydrogen (secondary N) is 2. The number of amides is 2. The molecule has 0 saturated carbocycles. The highest BCUT2D eigenvalue weighted by atomic mass is 16.5. The van der Waals surface area contributed by atoms with E-state index < -0.39 is 0 Å². The Balaban J connectivity index is 1.76. The van der Waals surface area contributed by atoms with Gasteiger partial charge in [-0.2, -0.15) is 0 Å². The summed E-state index contributed by atoms with van der Waals surface area (Å²) >= 11 is 0. The molecular formula is C23H22N2O4. The number of ether oxygens (including phenoxy) is 1. The monoisotopic (exact) mass is 390 g/mol. The summed E-state index contributed by atoms with van der Waals surface area (Å²) in [4.78, 5) is 25.3. The highest BCUT2D eigenvalue weighted by molar-refractivity contribution is 6.09. The third kappa shape index (κ3) is 4.93. The predicted octanol–water partition coefficient (Wildman–Crippen LogP) is 4.20. The normalized spacial score (nSPS) is 10.2. The number of para-hydroxylation sites is 1. The second-order valence-electron chi connectivity index (χ2n) is 6.28. The summed E-state index contributed by atoms with van der Waals surface area (Å²) in [5, 5.41) is 5.60. The smallest absolute Gasteiger partial charge is 0.255 e. The minimum absolute atomic E-state index is 0.261. The van der Waals surface area contributed by atoms with Crippen LogP contribution >= 0.6 is 0 Å². The number of allylic oxidation sites excluding steroid dienone is 1. The van der Waals surface area contributed by atoms with Gasteiger partial charge in [0.05, 0.1) is 31.2 Å². The molecule has 0 radical (unpaired) electrons. The maximum Gasteiger partial charge on any atom is 0.255 e. The second kappa shape index (κ2) is 9.41. The topological polar surface area (TPSA) is 80.6 Å². The van der Waals surface area contributed by atoms with Crippen LogP contribution < -0.4 is 15.4 Å². The number of methoxy groups -OCH3 is 1. The standard InChI is InChI=1S/C23H22N2O4/c1-3-7-16-14-17(11-12-21(16)28-2)22(26)25-20-10-5-4-9-19(20)23(27)24-15-18-8-6-13-29-18/h3-6,8-14H,1,7,15H2,2H3,(H,24,27)(H,25,26). The van der Waals surface area contributed by atoms with Crippen molar-refractivity contribution in [2.75, 3.05) is 12.4 Å². The van der Waals surface area contributed by atoms with Crippen LogP contribution in [0.3, 0.4) is 0 Å². The molecule has 2 amide bonds. The summed E-state index contributed by atoms with van der Waals surface area (Å²) in [6.45, 7) is 3.99. The maximum atomic E-state index is 12.8. The van der Waals surface area contributed by atoms with Crippen LogP contribution in [0.2, 0.25) is 0 Å². The van der Waals surface area contributed by atoms with Gasteiger partial charge >= 0.3 is 0 Å². The molecule has 0 fully saturated rings.